The summed E-state index contributed by atoms with van der Waals surface area (Å²) in [7, 11) is 0. The van der Waals surface area contributed by atoms with Gasteiger partial charge in [0, 0.05) is 18.9 Å². The van der Waals surface area contributed by atoms with E-state index in [1.165, 1.54) is 6.07 Å². The molecule has 2 aromatic rings. The average Bonchev–Trinajstić information content (AvgIpc) is 2.45. The summed E-state index contributed by atoms with van der Waals surface area (Å²) in [6.45, 7) is 2.33. The zero-order valence-electron chi connectivity index (χ0n) is 10.7. The lowest BCUT2D eigenvalue weighted by Crippen LogP contribution is -2.13. The molecule has 100 valence electrons. The summed E-state index contributed by atoms with van der Waals surface area (Å²) in [6.07, 6.45) is 3.69. The van der Waals surface area contributed by atoms with Crippen molar-refractivity contribution in [2.75, 3.05) is 11.9 Å². The van der Waals surface area contributed by atoms with Crippen LogP contribution in [-0.4, -0.2) is 26.7 Å². The van der Waals surface area contributed by atoms with Gasteiger partial charge in [0.05, 0.1) is 6.10 Å². The van der Waals surface area contributed by atoms with Crippen LogP contribution in [0.15, 0.2) is 36.7 Å². The number of phenolic OH excluding ortho intramolecular Hbond substituents is 1. The van der Waals surface area contributed by atoms with Gasteiger partial charge in [-0.25, -0.2) is 9.97 Å². The second-order valence-corrected chi connectivity index (χ2v) is 4.26. The number of hydrogen-bond acceptors (Lipinski definition) is 5. The van der Waals surface area contributed by atoms with Crippen LogP contribution < -0.4 is 5.32 Å². The Morgan fingerprint density at radius 1 is 1.26 bits per heavy atom. The molecule has 0 aliphatic rings. The van der Waals surface area contributed by atoms with Crippen molar-refractivity contribution in [3.63, 3.8) is 0 Å². The minimum absolute atomic E-state index is 0.139. The molecule has 5 heteroatoms. The average molecular weight is 259 g/mol. The first-order valence-corrected chi connectivity index (χ1v) is 6.21. The third-order valence-electron chi connectivity index (χ3n) is 2.82. The smallest absolute Gasteiger partial charge is 0.222 e. The van der Waals surface area contributed by atoms with Gasteiger partial charge in [-0.05, 0) is 29.7 Å². The number of aromatic nitrogens is 2. The van der Waals surface area contributed by atoms with Crippen LogP contribution in [0.3, 0.4) is 0 Å². The molecule has 5 nitrogen and oxygen atoms in total. The highest BCUT2D eigenvalue weighted by Gasteiger charge is 2.08. The van der Waals surface area contributed by atoms with Crippen molar-refractivity contribution in [2.24, 2.45) is 0 Å². The van der Waals surface area contributed by atoms with Crippen molar-refractivity contribution in [3.05, 3.63) is 47.8 Å². The van der Waals surface area contributed by atoms with Crippen molar-refractivity contribution in [3.8, 4) is 5.75 Å². The molecule has 0 fully saturated rings. The molecule has 0 bridgehead atoms. The molecule has 1 atom stereocenters. The maximum atomic E-state index is 9.98. The van der Waals surface area contributed by atoms with E-state index in [-0.39, 0.29) is 12.3 Å². The number of aliphatic hydroxyl groups is 1. The van der Waals surface area contributed by atoms with Crippen LogP contribution in [0.1, 0.15) is 24.2 Å². The zero-order valence-corrected chi connectivity index (χ0v) is 10.7. The molecular formula is C14H17N3O2. The maximum absolute atomic E-state index is 9.98. The molecule has 0 aliphatic carbocycles. The number of phenols is 1. The van der Waals surface area contributed by atoms with Gasteiger partial charge in [-0.2, -0.15) is 0 Å². The first-order valence-electron chi connectivity index (χ1n) is 6.21. The Hall–Kier alpha value is -2.14. The molecule has 1 heterocycles. The summed E-state index contributed by atoms with van der Waals surface area (Å²) in [6, 6.07) is 6.55. The number of hydrogen-bond donors (Lipinski definition) is 3. The molecule has 3 N–H and O–H groups in total. The molecule has 1 aromatic heterocycles. The molecule has 0 amide bonds. The fourth-order valence-corrected chi connectivity index (χ4v) is 1.67. The van der Waals surface area contributed by atoms with Crippen molar-refractivity contribution in [1.82, 2.24) is 9.97 Å². The number of aryl methyl sites for hydroxylation is 1. The van der Waals surface area contributed by atoms with Gasteiger partial charge >= 0.3 is 0 Å². The van der Waals surface area contributed by atoms with Gasteiger partial charge in [0.1, 0.15) is 5.75 Å². The summed E-state index contributed by atoms with van der Waals surface area (Å²) in [4.78, 5) is 8.30. The summed E-state index contributed by atoms with van der Waals surface area (Å²) in [5.41, 5.74) is 1.72. The molecule has 1 unspecified atom stereocenters. The predicted octanol–water partition coefficient (Wildman–Crippen LogP) is 1.89. The molecule has 0 saturated heterocycles. The Morgan fingerprint density at radius 3 is 2.63 bits per heavy atom. The standard InChI is InChI=1S/C14H17N3O2/c1-2-10-7-15-14(16-8-10)17-9-13(19)11-4-3-5-12(18)6-11/h3-8,13,18-19H,2,9H2,1H3,(H,15,16,17). The monoisotopic (exact) mass is 259 g/mol. The van der Waals surface area contributed by atoms with Crippen LogP contribution in [0.25, 0.3) is 0 Å². The highest BCUT2D eigenvalue weighted by atomic mass is 16.3. The van der Waals surface area contributed by atoms with Crippen LogP contribution in [0.2, 0.25) is 0 Å². The lowest BCUT2D eigenvalue weighted by Gasteiger charge is -2.12. The number of aliphatic hydroxyl groups excluding tert-OH is 1. The second kappa shape index (κ2) is 6.15. The van der Waals surface area contributed by atoms with Gasteiger partial charge in [-0.1, -0.05) is 19.1 Å². The van der Waals surface area contributed by atoms with E-state index in [9.17, 15) is 10.2 Å². The third kappa shape index (κ3) is 3.66. The topological polar surface area (TPSA) is 78.3 Å². The van der Waals surface area contributed by atoms with Crippen LogP contribution in [0.4, 0.5) is 5.95 Å². The highest BCUT2D eigenvalue weighted by Crippen LogP contribution is 2.18. The fraction of sp³-hybridized carbons (Fsp3) is 0.286. The van der Waals surface area contributed by atoms with Crippen LogP contribution in [0, 0.1) is 0 Å². The number of aromatic hydroxyl groups is 1. The van der Waals surface area contributed by atoms with E-state index in [1.807, 2.05) is 6.92 Å². The second-order valence-electron chi connectivity index (χ2n) is 4.26. The van der Waals surface area contributed by atoms with Gasteiger partial charge in [-0.15, -0.1) is 0 Å². The summed E-state index contributed by atoms with van der Waals surface area (Å²) in [5, 5.41) is 22.3. The Balaban J connectivity index is 1.94. The number of rotatable bonds is 5. The van der Waals surface area contributed by atoms with E-state index in [1.54, 1.807) is 30.6 Å². The zero-order chi connectivity index (χ0) is 13.7. The van der Waals surface area contributed by atoms with Crippen molar-refractivity contribution >= 4 is 5.95 Å². The van der Waals surface area contributed by atoms with E-state index < -0.39 is 6.10 Å². The normalized spacial score (nSPS) is 12.1. The van der Waals surface area contributed by atoms with Crippen LogP contribution >= 0.6 is 0 Å². The largest absolute Gasteiger partial charge is 0.508 e. The lowest BCUT2D eigenvalue weighted by molar-refractivity contribution is 0.191. The molecule has 0 radical (unpaired) electrons. The van der Waals surface area contributed by atoms with Gasteiger partial charge in [0.15, 0.2) is 0 Å². The molecular weight excluding hydrogens is 242 g/mol. The first kappa shape index (κ1) is 13.3. The van der Waals surface area contributed by atoms with Crippen molar-refractivity contribution < 1.29 is 10.2 Å². The van der Waals surface area contributed by atoms with E-state index in [0.29, 0.717) is 11.5 Å². The lowest BCUT2D eigenvalue weighted by atomic mass is 10.1. The molecule has 0 saturated carbocycles. The Labute approximate surface area is 112 Å². The van der Waals surface area contributed by atoms with Crippen LogP contribution in [-0.2, 0) is 6.42 Å². The summed E-state index contributed by atoms with van der Waals surface area (Å²) < 4.78 is 0. The maximum Gasteiger partial charge on any atom is 0.222 e. The van der Waals surface area contributed by atoms with Crippen molar-refractivity contribution in [1.29, 1.82) is 0 Å². The summed E-state index contributed by atoms with van der Waals surface area (Å²) in [5.74, 6) is 0.622. The molecule has 1 aromatic carbocycles. The SMILES string of the molecule is CCc1cnc(NCC(O)c2cccc(O)c2)nc1. The van der Waals surface area contributed by atoms with Gasteiger partial charge in [0.2, 0.25) is 5.95 Å². The molecule has 0 aliphatic heterocycles. The number of benzene rings is 1. The Bertz CT molecular complexity index is 528. The number of nitrogens with zero attached hydrogens (tertiary/aromatic N) is 2. The van der Waals surface area contributed by atoms with E-state index >= 15 is 0 Å². The fourth-order valence-electron chi connectivity index (χ4n) is 1.67. The Kier molecular flexibility index (Phi) is 4.30. The quantitative estimate of drug-likeness (QED) is 0.764. The number of nitrogens with one attached hydrogen (secondary N) is 1. The van der Waals surface area contributed by atoms with E-state index in [0.717, 1.165) is 12.0 Å². The molecule has 2 rings (SSSR count). The Morgan fingerprint density at radius 2 is 2.00 bits per heavy atom. The molecule has 0 spiro atoms. The van der Waals surface area contributed by atoms with E-state index in [2.05, 4.69) is 15.3 Å². The van der Waals surface area contributed by atoms with Gasteiger partial charge in [0.25, 0.3) is 0 Å². The minimum Gasteiger partial charge on any atom is -0.508 e. The number of anilines is 1. The third-order valence-corrected chi connectivity index (χ3v) is 2.82. The minimum atomic E-state index is -0.721. The summed E-state index contributed by atoms with van der Waals surface area (Å²) >= 11 is 0. The first-order chi connectivity index (χ1) is 9.19. The van der Waals surface area contributed by atoms with E-state index in [4.69, 9.17) is 0 Å². The highest BCUT2D eigenvalue weighted by molar-refractivity contribution is 5.31. The predicted molar refractivity (Wildman–Crippen MR) is 73.0 cm³/mol. The van der Waals surface area contributed by atoms with Gasteiger partial charge < -0.3 is 15.5 Å². The van der Waals surface area contributed by atoms with Crippen molar-refractivity contribution in [2.45, 2.75) is 19.4 Å². The van der Waals surface area contributed by atoms with Gasteiger partial charge in [-0.3, -0.25) is 0 Å². The molecule has 19 heavy (non-hydrogen) atoms. The van der Waals surface area contributed by atoms with Crippen LogP contribution in [0.5, 0.6) is 5.75 Å².